The molecule has 2 heterocycles. The fourth-order valence-corrected chi connectivity index (χ4v) is 5.37. The molecular formula is C30H33ClN6O4. The van der Waals surface area contributed by atoms with Crippen LogP contribution in [0.3, 0.4) is 0 Å². The number of hydrogen-bond donors (Lipinski definition) is 1. The minimum Gasteiger partial charge on any atom is -0.497 e. The Morgan fingerprint density at radius 3 is 2.39 bits per heavy atom. The van der Waals surface area contributed by atoms with Crippen molar-refractivity contribution in [2.75, 3.05) is 33.2 Å². The molecule has 1 fully saturated rings. The van der Waals surface area contributed by atoms with Gasteiger partial charge in [0.15, 0.2) is 11.6 Å². The van der Waals surface area contributed by atoms with Crippen molar-refractivity contribution >= 4 is 23.3 Å². The van der Waals surface area contributed by atoms with E-state index in [0.29, 0.717) is 52.7 Å². The molecule has 0 radical (unpaired) electrons. The number of nitrogens with one attached hydrogen (secondary N) is 1. The van der Waals surface area contributed by atoms with Gasteiger partial charge in [0.2, 0.25) is 0 Å². The van der Waals surface area contributed by atoms with Crippen LogP contribution in [-0.4, -0.2) is 64.6 Å². The Morgan fingerprint density at radius 2 is 1.71 bits per heavy atom. The highest BCUT2D eigenvalue weighted by Gasteiger charge is 2.28. The van der Waals surface area contributed by atoms with Crippen molar-refractivity contribution in [3.63, 3.8) is 0 Å². The summed E-state index contributed by atoms with van der Waals surface area (Å²) in [6, 6.07) is 14.5. The minimum atomic E-state index is -0.202. The van der Waals surface area contributed by atoms with Crippen molar-refractivity contribution in [2.45, 2.75) is 38.3 Å². The highest BCUT2D eigenvalue weighted by Crippen LogP contribution is 2.32. The Balaban J connectivity index is 1.44. The summed E-state index contributed by atoms with van der Waals surface area (Å²) in [7, 11) is 4.74. The number of nitrogens with zero attached hydrogens (tertiary/aromatic N) is 5. The first-order valence-electron chi connectivity index (χ1n) is 13.5. The molecule has 4 aromatic rings. The van der Waals surface area contributed by atoms with Crippen LogP contribution in [0.15, 0.2) is 60.9 Å². The third-order valence-electron chi connectivity index (χ3n) is 7.25. The standard InChI is InChI=1S/C30H33ClN6O4/c1-39-23-9-11-27(41-3)25(19-23)33-30(38)36(22-6-4-5-7-22)16-17-37-29(21-8-10-26(40-2)24(31)18-21)34-28(35-37)20-12-14-32-15-13-20/h8-15,18-19,22H,4-7,16-17H2,1-3H3,(H,33,38). The SMILES string of the molecule is COc1ccc(OC)c(NC(=O)N(CCn2nc(-c3ccncc3)nc2-c2ccc(OC)c(Cl)c2)C2CCCC2)c1. The van der Waals surface area contributed by atoms with Crippen LogP contribution in [0.2, 0.25) is 5.02 Å². The molecule has 0 bridgehead atoms. The number of benzene rings is 2. The molecule has 214 valence electrons. The number of anilines is 1. The van der Waals surface area contributed by atoms with Gasteiger partial charge in [0.1, 0.15) is 17.2 Å². The van der Waals surface area contributed by atoms with Gasteiger partial charge in [-0.25, -0.2) is 14.5 Å². The van der Waals surface area contributed by atoms with E-state index in [1.54, 1.807) is 51.9 Å². The second-order valence-corrected chi connectivity index (χ2v) is 10.1. The molecular weight excluding hydrogens is 544 g/mol. The number of halogens is 1. The highest BCUT2D eigenvalue weighted by molar-refractivity contribution is 6.32. The Bertz CT molecular complexity index is 1490. The summed E-state index contributed by atoms with van der Waals surface area (Å²) in [5, 5.41) is 8.35. The average molecular weight is 577 g/mol. The number of urea groups is 1. The number of rotatable bonds is 10. The zero-order valence-electron chi connectivity index (χ0n) is 23.3. The van der Waals surface area contributed by atoms with Crippen LogP contribution in [0.4, 0.5) is 10.5 Å². The summed E-state index contributed by atoms with van der Waals surface area (Å²) in [4.78, 5) is 24.6. The second-order valence-electron chi connectivity index (χ2n) is 9.70. The third kappa shape index (κ3) is 6.38. The van der Waals surface area contributed by atoms with E-state index < -0.39 is 0 Å². The normalized spacial score (nSPS) is 13.2. The quantitative estimate of drug-likeness (QED) is 0.241. The van der Waals surface area contributed by atoms with Crippen molar-refractivity contribution < 1.29 is 19.0 Å². The molecule has 1 saturated carbocycles. The van der Waals surface area contributed by atoms with Gasteiger partial charge >= 0.3 is 6.03 Å². The monoisotopic (exact) mass is 576 g/mol. The molecule has 41 heavy (non-hydrogen) atoms. The lowest BCUT2D eigenvalue weighted by Gasteiger charge is -2.29. The lowest BCUT2D eigenvalue weighted by Crippen LogP contribution is -2.43. The average Bonchev–Trinajstić information content (AvgIpc) is 3.69. The van der Waals surface area contributed by atoms with E-state index in [2.05, 4.69) is 10.3 Å². The Hall–Kier alpha value is -4.31. The molecule has 1 N–H and O–H groups in total. The molecule has 2 aromatic heterocycles. The number of ether oxygens (including phenoxy) is 3. The van der Waals surface area contributed by atoms with Gasteiger partial charge in [-0.05, 0) is 55.3 Å². The van der Waals surface area contributed by atoms with E-state index in [0.717, 1.165) is 36.8 Å². The van der Waals surface area contributed by atoms with Crippen LogP contribution in [0.5, 0.6) is 17.2 Å². The van der Waals surface area contributed by atoms with Crippen LogP contribution in [-0.2, 0) is 6.54 Å². The van der Waals surface area contributed by atoms with E-state index in [1.165, 1.54) is 0 Å². The first kappa shape index (κ1) is 28.2. The molecule has 2 aromatic carbocycles. The summed E-state index contributed by atoms with van der Waals surface area (Å²) < 4.78 is 18.0. The molecule has 1 aliphatic carbocycles. The van der Waals surface area contributed by atoms with Crippen molar-refractivity contribution in [1.82, 2.24) is 24.6 Å². The fourth-order valence-electron chi connectivity index (χ4n) is 5.11. The lowest BCUT2D eigenvalue weighted by atomic mass is 10.2. The van der Waals surface area contributed by atoms with Crippen molar-refractivity contribution in [3.8, 4) is 40.0 Å². The van der Waals surface area contributed by atoms with E-state index in [9.17, 15) is 4.79 Å². The molecule has 10 nitrogen and oxygen atoms in total. The zero-order chi connectivity index (χ0) is 28.8. The van der Waals surface area contributed by atoms with Gasteiger partial charge < -0.3 is 24.4 Å². The Kier molecular flexibility index (Phi) is 8.88. The topological polar surface area (TPSA) is 104 Å². The van der Waals surface area contributed by atoms with Gasteiger partial charge in [-0.15, -0.1) is 0 Å². The molecule has 2 amide bonds. The zero-order valence-corrected chi connectivity index (χ0v) is 24.1. The van der Waals surface area contributed by atoms with E-state index in [1.807, 2.05) is 39.9 Å². The maximum atomic E-state index is 13.7. The summed E-state index contributed by atoms with van der Waals surface area (Å²) >= 11 is 6.46. The molecule has 11 heteroatoms. The molecule has 0 atom stereocenters. The molecule has 5 rings (SSSR count). The largest absolute Gasteiger partial charge is 0.497 e. The first-order valence-corrected chi connectivity index (χ1v) is 13.9. The molecule has 0 aliphatic heterocycles. The van der Waals surface area contributed by atoms with Crippen molar-refractivity contribution in [1.29, 1.82) is 0 Å². The number of pyridine rings is 1. The minimum absolute atomic E-state index is 0.119. The summed E-state index contributed by atoms with van der Waals surface area (Å²) in [5.41, 5.74) is 2.19. The Morgan fingerprint density at radius 1 is 0.976 bits per heavy atom. The van der Waals surface area contributed by atoms with E-state index >= 15 is 0 Å². The van der Waals surface area contributed by atoms with Crippen LogP contribution >= 0.6 is 11.6 Å². The van der Waals surface area contributed by atoms with E-state index in [4.69, 9.17) is 35.9 Å². The number of carbonyl (C=O) groups excluding carboxylic acids is 1. The van der Waals surface area contributed by atoms with Crippen molar-refractivity contribution in [3.05, 3.63) is 65.9 Å². The van der Waals surface area contributed by atoms with Crippen molar-refractivity contribution in [2.24, 2.45) is 0 Å². The number of aromatic nitrogens is 4. The summed E-state index contributed by atoms with van der Waals surface area (Å²) in [6.07, 6.45) is 7.48. The summed E-state index contributed by atoms with van der Waals surface area (Å²) in [5.74, 6) is 2.97. The molecule has 0 saturated heterocycles. The fraction of sp³-hybridized carbons (Fsp3) is 0.333. The molecule has 0 spiro atoms. The predicted molar refractivity (Wildman–Crippen MR) is 158 cm³/mol. The van der Waals surface area contributed by atoms with Gasteiger partial charge in [0.05, 0.1) is 38.6 Å². The van der Waals surface area contributed by atoms with E-state index in [-0.39, 0.29) is 12.1 Å². The van der Waals surface area contributed by atoms with Crippen LogP contribution in [0, 0.1) is 0 Å². The number of amides is 2. The second kappa shape index (κ2) is 12.9. The van der Waals surface area contributed by atoms with Gasteiger partial charge in [0, 0.05) is 42.2 Å². The van der Waals surface area contributed by atoms with Gasteiger partial charge in [0.25, 0.3) is 0 Å². The summed E-state index contributed by atoms with van der Waals surface area (Å²) in [6.45, 7) is 0.856. The predicted octanol–water partition coefficient (Wildman–Crippen LogP) is 6.16. The first-order chi connectivity index (χ1) is 20.0. The van der Waals surface area contributed by atoms with Crippen LogP contribution < -0.4 is 19.5 Å². The molecule has 0 unspecified atom stereocenters. The van der Waals surface area contributed by atoms with Crippen LogP contribution in [0.25, 0.3) is 22.8 Å². The maximum absolute atomic E-state index is 13.7. The van der Waals surface area contributed by atoms with Gasteiger partial charge in [-0.2, -0.15) is 5.10 Å². The van der Waals surface area contributed by atoms with Gasteiger partial charge in [-0.3, -0.25) is 4.98 Å². The third-order valence-corrected chi connectivity index (χ3v) is 7.54. The molecule has 1 aliphatic rings. The number of methoxy groups -OCH3 is 3. The smallest absolute Gasteiger partial charge is 0.322 e. The lowest BCUT2D eigenvalue weighted by molar-refractivity contribution is 0.184. The Labute approximate surface area is 244 Å². The van der Waals surface area contributed by atoms with Gasteiger partial charge in [-0.1, -0.05) is 24.4 Å². The maximum Gasteiger partial charge on any atom is 0.322 e. The highest BCUT2D eigenvalue weighted by atomic mass is 35.5. The number of hydrogen-bond acceptors (Lipinski definition) is 7. The number of carbonyl (C=O) groups is 1. The van der Waals surface area contributed by atoms with Crippen LogP contribution in [0.1, 0.15) is 25.7 Å².